The van der Waals surface area contributed by atoms with E-state index in [4.69, 9.17) is 28.7 Å². The molecule has 79 heavy (non-hydrogen) atoms. The zero-order valence-electron chi connectivity index (χ0n) is 46.2. The third-order valence-corrected chi connectivity index (χ3v) is 15.4. The van der Waals surface area contributed by atoms with Crippen LogP contribution in [0.3, 0.4) is 0 Å². The highest BCUT2D eigenvalue weighted by atomic mass is 32.1. The summed E-state index contributed by atoms with van der Waals surface area (Å²) in [4.78, 5) is 77.0. The number of amides is 4. The molecule has 0 bridgehead atoms. The summed E-state index contributed by atoms with van der Waals surface area (Å²) in [5, 5.41) is 22.0. The Morgan fingerprint density at radius 2 is 1.58 bits per heavy atom. The summed E-state index contributed by atoms with van der Waals surface area (Å²) in [5.41, 5.74) is 7.34. The van der Waals surface area contributed by atoms with E-state index in [0.717, 1.165) is 71.0 Å². The number of methoxy groups -OCH3 is 1. The van der Waals surface area contributed by atoms with Gasteiger partial charge in [-0.1, -0.05) is 64.8 Å². The maximum absolute atomic E-state index is 13.9. The number of fused-ring (bicyclic) bond motifs is 3. The lowest BCUT2D eigenvalue weighted by atomic mass is 9.85. The molecule has 0 radical (unpaired) electrons. The average molecular weight is 1100 g/mol. The third kappa shape index (κ3) is 14.6. The van der Waals surface area contributed by atoms with Gasteiger partial charge in [-0.25, -0.2) is 15.0 Å². The number of carbonyl (C=O) groups is 4. The van der Waals surface area contributed by atoms with E-state index < -0.39 is 17.5 Å². The molecular formula is C57H74N12O9S. The van der Waals surface area contributed by atoms with Gasteiger partial charge < -0.3 is 54.8 Å². The Morgan fingerprint density at radius 3 is 2.24 bits per heavy atom. The van der Waals surface area contributed by atoms with Crippen LogP contribution in [0.1, 0.15) is 118 Å². The first-order valence-corrected chi connectivity index (χ1v) is 28.2. The van der Waals surface area contributed by atoms with Gasteiger partial charge in [0.2, 0.25) is 23.7 Å². The second kappa shape index (κ2) is 27.7. The first-order chi connectivity index (χ1) is 38.3. The Kier molecular flexibility index (Phi) is 20.4. The molecule has 8 rings (SSSR count). The zero-order valence-corrected chi connectivity index (χ0v) is 47.0. The van der Waals surface area contributed by atoms with Crippen molar-refractivity contribution in [3.8, 4) is 27.9 Å². The van der Waals surface area contributed by atoms with E-state index in [1.807, 2.05) is 62.0 Å². The van der Waals surface area contributed by atoms with Gasteiger partial charge in [0, 0.05) is 37.7 Å². The van der Waals surface area contributed by atoms with Crippen LogP contribution in [-0.4, -0.2) is 144 Å². The summed E-state index contributed by atoms with van der Waals surface area (Å²) in [7, 11) is 1.54. The van der Waals surface area contributed by atoms with Crippen molar-refractivity contribution < 1.29 is 42.9 Å². The number of aromatic nitrogens is 5. The molecular weight excluding hydrogens is 1030 g/mol. The molecule has 4 N–H and O–H groups in total. The summed E-state index contributed by atoms with van der Waals surface area (Å²) < 4.78 is 30.1. The van der Waals surface area contributed by atoms with Crippen LogP contribution in [0.5, 0.6) is 5.75 Å². The number of aryl methyl sites for hydroxylation is 1. The van der Waals surface area contributed by atoms with Crippen molar-refractivity contribution in [2.75, 3.05) is 83.3 Å². The average Bonchev–Trinajstić information content (AvgIpc) is 4.53. The normalized spacial score (nSPS) is 16.5. The number of nitrogens with zero attached hydrogens (tertiary/aromatic N) is 8. The lowest BCUT2D eigenvalue weighted by Crippen LogP contribution is -2.57. The molecule has 1 aliphatic carbocycles. The largest absolute Gasteiger partial charge is 0.495 e. The van der Waals surface area contributed by atoms with Crippen LogP contribution in [0.4, 0.5) is 17.5 Å². The molecule has 1 saturated heterocycles. The van der Waals surface area contributed by atoms with Crippen molar-refractivity contribution in [1.82, 2.24) is 45.4 Å². The minimum Gasteiger partial charge on any atom is -0.495 e. The zero-order chi connectivity index (χ0) is 55.9. The van der Waals surface area contributed by atoms with E-state index in [9.17, 15) is 24.4 Å². The topological polar surface area (TPSA) is 249 Å². The van der Waals surface area contributed by atoms with Gasteiger partial charge in [-0.3, -0.25) is 23.7 Å². The second-order valence-electron chi connectivity index (χ2n) is 20.9. The van der Waals surface area contributed by atoms with Crippen LogP contribution in [0.25, 0.3) is 16.1 Å². The summed E-state index contributed by atoms with van der Waals surface area (Å²) in [6.45, 7) is 13.3. The number of hydrogen-bond acceptors (Lipinski definition) is 17. The standard InChI is InChI=1S/C57H74N12O9S/c1-7-44-49-43(32-58)62-35-68(49)46-34-61-56(66-52(46)69(44)41-11-8-9-12-41)64-42-19-18-40(31-47(42)74-6)53(71)59-21-24-76-26-28-78-30-29-77-27-25-75-23-20-48(70)65-51(57(3,4)5)55(73)67-22-10-13-45(67)54(72)60-33-38-14-16-39(17-15-38)50-37(2)63-36-79-50/h14-19,31,34-36,41,44-45,51H,7-13,20-30,33H2,1-6H3,(H,59,71)(H,60,72)(H,65,70)(H,61,64,66)/t44?,45-,51+/m0/s1. The fraction of sp³-hybridized carbons (Fsp3) is 0.526. The molecule has 5 aromatic rings. The fourth-order valence-electron chi connectivity index (χ4n) is 10.4. The molecule has 3 aliphatic rings. The van der Waals surface area contributed by atoms with Gasteiger partial charge in [0.05, 0.1) is 99.7 Å². The molecule has 2 aromatic carbocycles. The first-order valence-electron chi connectivity index (χ1n) is 27.3. The monoisotopic (exact) mass is 1100 g/mol. The van der Waals surface area contributed by atoms with Gasteiger partial charge in [0.25, 0.3) is 5.91 Å². The van der Waals surface area contributed by atoms with Gasteiger partial charge >= 0.3 is 0 Å². The minimum atomic E-state index is -0.821. The van der Waals surface area contributed by atoms with E-state index in [2.05, 4.69) is 54.1 Å². The number of rotatable bonds is 27. The number of hydrogen-bond donors (Lipinski definition) is 4. The third-order valence-electron chi connectivity index (χ3n) is 14.4. The lowest BCUT2D eigenvalue weighted by Gasteiger charge is -2.41. The predicted octanol–water partition coefficient (Wildman–Crippen LogP) is 6.96. The maximum Gasteiger partial charge on any atom is 0.251 e. The summed E-state index contributed by atoms with van der Waals surface area (Å²) in [5.74, 6) is 0.544. The molecule has 5 heterocycles. The van der Waals surface area contributed by atoms with Crippen molar-refractivity contribution >= 4 is 52.4 Å². The predicted molar refractivity (Wildman–Crippen MR) is 298 cm³/mol. The Labute approximate surface area is 466 Å². The van der Waals surface area contributed by atoms with E-state index in [1.54, 1.807) is 54.1 Å². The van der Waals surface area contributed by atoms with Crippen molar-refractivity contribution in [3.05, 3.63) is 88.7 Å². The van der Waals surface area contributed by atoms with Crippen molar-refractivity contribution in [2.24, 2.45) is 5.41 Å². The number of ether oxygens (including phenoxy) is 5. The Balaban J connectivity index is 0.668. The van der Waals surface area contributed by atoms with Crippen LogP contribution in [0, 0.1) is 23.7 Å². The smallest absolute Gasteiger partial charge is 0.251 e. The Hall–Kier alpha value is -7.03. The van der Waals surface area contributed by atoms with E-state index in [-0.39, 0.29) is 55.3 Å². The van der Waals surface area contributed by atoms with Crippen LogP contribution in [0.15, 0.2) is 60.5 Å². The summed E-state index contributed by atoms with van der Waals surface area (Å²) in [6, 6.07) is 14.2. The van der Waals surface area contributed by atoms with Gasteiger partial charge in [0.1, 0.15) is 35.9 Å². The molecule has 0 spiro atoms. The number of anilines is 3. The molecule has 1 saturated carbocycles. The molecule has 3 atom stereocenters. The van der Waals surface area contributed by atoms with Gasteiger partial charge in [-0.2, -0.15) is 10.2 Å². The quantitative estimate of drug-likeness (QED) is 0.0388. The van der Waals surface area contributed by atoms with Gasteiger partial charge in [0.15, 0.2) is 11.5 Å². The highest BCUT2D eigenvalue weighted by Crippen LogP contribution is 2.45. The highest BCUT2D eigenvalue weighted by Gasteiger charge is 2.42. The summed E-state index contributed by atoms with van der Waals surface area (Å²) >= 11 is 1.59. The molecule has 4 amide bonds. The molecule has 1 unspecified atom stereocenters. The number of nitrogens with one attached hydrogen (secondary N) is 4. The van der Waals surface area contributed by atoms with Gasteiger partial charge in [-0.05, 0) is 73.8 Å². The van der Waals surface area contributed by atoms with Crippen molar-refractivity contribution in [1.29, 1.82) is 5.26 Å². The highest BCUT2D eigenvalue weighted by molar-refractivity contribution is 7.13. The first kappa shape index (κ1) is 58.1. The lowest BCUT2D eigenvalue weighted by molar-refractivity contribution is -0.144. The number of nitriles is 1. The number of benzene rings is 2. The second-order valence-corrected chi connectivity index (χ2v) is 21.7. The van der Waals surface area contributed by atoms with E-state index >= 15 is 0 Å². The van der Waals surface area contributed by atoms with E-state index in [0.29, 0.717) is 101 Å². The van der Waals surface area contributed by atoms with Crippen molar-refractivity contribution in [2.45, 2.75) is 117 Å². The van der Waals surface area contributed by atoms with Gasteiger partial charge in [-0.15, -0.1) is 11.3 Å². The van der Waals surface area contributed by atoms with Crippen LogP contribution in [-0.2, 0) is 39.9 Å². The summed E-state index contributed by atoms with van der Waals surface area (Å²) in [6.07, 6.45) is 9.93. The number of likely N-dealkylation sites (tertiary alicyclic amines) is 1. The van der Waals surface area contributed by atoms with E-state index in [1.165, 1.54) is 0 Å². The van der Waals surface area contributed by atoms with Crippen molar-refractivity contribution in [3.63, 3.8) is 0 Å². The Morgan fingerprint density at radius 1 is 0.873 bits per heavy atom. The number of carbonyl (C=O) groups excluding carboxylic acids is 4. The molecule has 2 aliphatic heterocycles. The number of imidazole rings is 1. The molecule has 21 nitrogen and oxygen atoms in total. The molecule has 22 heteroatoms. The maximum atomic E-state index is 13.9. The van der Waals surface area contributed by atoms with Crippen LogP contribution in [0.2, 0.25) is 0 Å². The molecule has 3 aromatic heterocycles. The number of thiazole rings is 1. The molecule has 2 fully saturated rings. The minimum absolute atomic E-state index is 0.0495. The fourth-order valence-corrected chi connectivity index (χ4v) is 11.2. The molecule has 422 valence electrons. The van der Waals surface area contributed by atoms with Crippen LogP contribution < -0.4 is 30.9 Å². The van der Waals surface area contributed by atoms with Crippen LogP contribution >= 0.6 is 11.3 Å². The SMILES string of the molecule is CCC1c2c(C#N)ncn2-c2cnc(Nc3ccc(C(=O)NCCOCCOCCOCCOCCC(=O)N[C@H](C(=O)N4CCC[C@H]4C(=O)NCc4ccc(-c5scnc5C)cc4)C(C)(C)C)cc3OC)nc2N1C1CCCC1. The Bertz CT molecular complexity index is 2910.